The molecule has 88 valence electrons. The number of carbonyl (C=O) groups excluding carboxylic acids is 1. The average Bonchev–Trinajstić information content (AvgIpc) is 2.26. The second kappa shape index (κ2) is 6.28. The van der Waals surface area contributed by atoms with Gasteiger partial charge in [0, 0.05) is 0 Å². The maximum Gasteiger partial charge on any atom is 0.308 e. The van der Waals surface area contributed by atoms with Crippen molar-refractivity contribution in [1.29, 1.82) is 0 Å². The maximum absolute atomic E-state index is 11.3. The highest BCUT2D eigenvalue weighted by Crippen LogP contribution is 2.18. The van der Waals surface area contributed by atoms with Gasteiger partial charge in [0.05, 0.1) is 19.1 Å². The number of aliphatic hydroxyl groups is 1. The van der Waals surface area contributed by atoms with Gasteiger partial charge in [-0.1, -0.05) is 36.8 Å². The van der Waals surface area contributed by atoms with Crippen molar-refractivity contribution in [3.8, 4) is 0 Å². The Bertz CT molecular complexity index is 347. The Kier molecular flexibility index (Phi) is 4.99. The van der Waals surface area contributed by atoms with Crippen molar-refractivity contribution in [3.05, 3.63) is 35.4 Å². The van der Waals surface area contributed by atoms with Crippen LogP contribution in [0.15, 0.2) is 24.3 Å². The normalized spacial score (nSPS) is 12.2. The van der Waals surface area contributed by atoms with Crippen LogP contribution in [0.3, 0.4) is 0 Å². The van der Waals surface area contributed by atoms with E-state index in [1.54, 1.807) is 0 Å². The first kappa shape index (κ1) is 12.7. The van der Waals surface area contributed by atoms with Gasteiger partial charge in [-0.25, -0.2) is 0 Å². The zero-order valence-corrected chi connectivity index (χ0v) is 9.77. The first-order valence-electron chi connectivity index (χ1n) is 5.53. The molecule has 0 heterocycles. The van der Waals surface area contributed by atoms with Crippen molar-refractivity contribution in [2.45, 2.75) is 32.8 Å². The molecule has 0 aliphatic carbocycles. The molecule has 0 aliphatic rings. The summed E-state index contributed by atoms with van der Waals surface area (Å²) < 4.78 is 4.91. The molecule has 1 unspecified atom stereocenters. The molecular weight excluding hydrogens is 204 g/mol. The van der Waals surface area contributed by atoms with E-state index in [0.717, 1.165) is 17.5 Å². The molecule has 16 heavy (non-hydrogen) atoms. The van der Waals surface area contributed by atoms with E-state index in [-0.39, 0.29) is 12.4 Å². The highest BCUT2D eigenvalue weighted by molar-refractivity contribution is 5.70. The van der Waals surface area contributed by atoms with Crippen LogP contribution < -0.4 is 0 Å². The second-order valence-corrected chi connectivity index (χ2v) is 3.85. The van der Waals surface area contributed by atoms with Gasteiger partial charge in [0.2, 0.25) is 0 Å². The van der Waals surface area contributed by atoms with E-state index >= 15 is 0 Å². The van der Waals surface area contributed by atoms with Crippen molar-refractivity contribution in [2.24, 2.45) is 0 Å². The molecule has 0 amide bonds. The van der Waals surface area contributed by atoms with Gasteiger partial charge < -0.3 is 9.84 Å². The molecular formula is C13H18O3. The summed E-state index contributed by atoms with van der Waals surface area (Å²) in [6.07, 6.45) is 0.0414. The quantitative estimate of drug-likeness (QED) is 0.778. The lowest BCUT2D eigenvalue weighted by atomic mass is 10.0. The third-order valence-electron chi connectivity index (χ3n) is 2.25. The molecule has 3 nitrogen and oxygen atoms in total. The van der Waals surface area contributed by atoms with Crippen molar-refractivity contribution in [2.75, 3.05) is 6.61 Å². The number of hydrogen-bond acceptors (Lipinski definition) is 3. The van der Waals surface area contributed by atoms with Gasteiger partial charge in [-0.05, 0) is 18.9 Å². The van der Waals surface area contributed by atoms with Gasteiger partial charge in [-0.15, -0.1) is 0 Å². The highest BCUT2D eigenvalue weighted by atomic mass is 16.5. The van der Waals surface area contributed by atoms with Gasteiger partial charge in [0.15, 0.2) is 0 Å². The fourth-order valence-electron chi connectivity index (χ4n) is 1.43. The number of hydrogen-bond donors (Lipinski definition) is 1. The number of carbonyl (C=O) groups is 1. The molecule has 0 aliphatic heterocycles. The maximum atomic E-state index is 11.3. The summed E-state index contributed by atoms with van der Waals surface area (Å²) in [6, 6.07) is 7.50. The Morgan fingerprint density at radius 1 is 1.50 bits per heavy atom. The molecule has 0 radical (unpaired) electrons. The molecule has 3 heteroatoms. The van der Waals surface area contributed by atoms with Crippen molar-refractivity contribution in [3.63, 3.8) is 0 Å². The minimum Gasteiger partial charge on any atom is -0.466 e. The van der Waals surface area contributed by atoms with Crippen LogP contribution in [-0.2, 0) is 9.53 Å². The van der Waals surface area contributed by atoms with Gasteiger partial charge >= 0.3 is 5.97 Å². The van der Waals surface area contributed by atoms with Crippen LogP contribution >= 0.6 is 0 Å². The number of ether oxygens (including phenoxy) is 1. The molecule has 1 atom stereocenters. The standard InChI is InChI=1S/C13H18O3/c1-3-7-16-13(15)9-12(14)11-6-4-5-10(2)8-11/h4-6,8,12,14H,3,7,9H2,1-2H3. The van der Waals surface area contributed by atoms with E-state index in [1.165, 1.54) is 0 Å². The lowest BCUT2D eigenvalue weighted by Gasteiger charge is -2.11. The lowest BCUT2D eigenvalue weighted by Crippen LogP contribution is -2.10. The van der Waals surface area contributed by atoms with Gasteiger partial charge in [0.1, 0.15) is 0 Å². The van der Waals surface area contributed by atoms with Crippen LogP contribution in [0.25, 0.3) is 0 Å². The first-order valence-corrected chi connectivity index (χ1v) is 5.53. The predicted molar refractivity (Wildman–Crippen MR) is 62.0 cm³/mol. The smallest absolute Gasteiger partial charge is 0.308 e. The Hall–Kier alpha value is -1.35. The fourth-order valence-corrected chi connectivity index (χ4v) is 1.43. The second-order valence-electron chi connectivity index (χ2n) is 3.85. The van der Waals surface area contributed by atoms with E-state index in [2.05, 4.69) is 0 Å². The first-order chi connectivity index (χ1) is 7.63. The van der Waals surface area contributed by atoms with Gasteiger partial charge in [-0.2, -0.15) is 0 Å². The van der Waals surface area contributed by atoms with Crippen molar-refractivity contribution >= 4 is 5.97 Å². The Morgan fingerprint density at radius 2 is 2.25 bits per heavy atom. The predicted octanol–water partition coefficient (Wildman–Crippen LogP) is 2.37. The van der Waals surface area contributed by atoms with Crippen molar-refractivity contribution < 1.29 is 14.6 Å². The van der Waals surface area contributed by atoms with Crippen LogP contribution in [0.4, 0.5) is 0 Å². The summed E-state index contributed by atoms with van der Waals surface area (Å²) in [4.78, 5) is 11.3. The Labute approximate surface area is 96.1 Å². The highest BCUT2D eigenvalue weighted by Gasteiger charge is 2.13. The zero-order valence-electron chi connectivity index (χ0n) is 9.77. The summed E-state index contributed by atoms with van der Waals surface area (Å²) >= 11 is 0. The molecule has 1 rings (SSSR count). The van der Waals surface area contributed by atoms with E-state index < -0.39 is 6.10 Å². The van der Waals surface area contributed by atoms with Crippen LogP contribution in [0.5, 0.6) is 0 Å². The molecule has 0 saturated carbocycles. The Balaban J connectivity index is 2.52. The van der Waals surface area contributed by atoms with E-state index in [4.69, 9.17) is 4.74 Å². The van der Waals surface area contributed by atoms with Gasteiger partial charge in [0.25, 0.3) is 0 Å². The molecule has 0 spiro atoms. The number of esters is 1. The Morgan fingerprint density at radius 3 is 2.88 bits per heavy atom. The minimum absolute atomic E-state index is 0.0173. The monoisotopic (exact) mass is 222 g/mol. The summed E-state index contributed by atoms with van der Waals surface area (Å²) in [5, 5.41) is 9.81. The number of rotatable bonds is 5. The molecule has 0 bridgehead atoms. The molecule has 1 aromatic carbocycles. The largest absolute Gasteiger partial charge is 0.466 e. The molecule has 0 aromatic heterocycles. The van der Waals surface area contributed by atoms with Crippen LogP contribution in [0.2, 0.25) is 0 Å². The number of aryl methyl sites for hydroxylation is 1. The number of benzene rings is 1. The van der Waals surface area contributed by atoms with Crippen LogP contribution in [-0.4, -0.2) is 17.7 Å². The SMILES string of the molecule is CCCOC(=O)CC(O)c1cccc(C)c1. The minimum atomic E-state index is -0.774. The third kappa shape index (κ3) is 4.03. The van der Waals surface area contributed by atoms with E-state index in [0.29, 0.717) is 6.61 Å². The summed E-state index contributed by atoms with van der Waals surface area (Å²) in [5.41, 5.74) is 1.83. The fraction of sp³-hybridized carbons (Fsp3) is 0.462. The zero-order chi connectivity index (χ0) is 12.0. The molecule has 1 N–H and O–H groups in total. The average molecular weight is 222 g/mol. The summed E-state index contributed by atoms with van der Waals surface area (Å²) in [5.74, 6) is -0.351. The number of aliphatic hydroxyl groups excluding tert-OH is 1. The third-order valence-corrected chi connectivity index (χ3v) is 2.25. The van der Waals surface area contributed by atoms with Gasteiger partial charge in [-0.3, -0.25) is 4.79 Å². The van der Waals surface area contributed by atoms with Crippen molar-refractivity contribution in [1.82, 2.24) is 0 Å². The molecule has 0 fully saturated rings. The molecule has 0 saturated heterocycles. The van der Waals surface area contributed by atoms with Crippen LogP contribution in [0, 0.1) is 6.92 Å². The van der Waals surface area contributed by atoms with Crippen LogP contribution in [0.1, 0.15) is 37.0 Å². The summed E-state index contributed by atoms with van der Waals surface area (Å²) in [7, 11) is 0. The lowest BCUT2D eigenvalue weighted by molar-refractivity contribution is -0.146. The topological polar surface area (TPSA) is 46.5 Å². The van der Waals surface area contributed by atoms with E-state index in [1.807, 2.05) is 38.1 Å². The molecule has 1 aromatic rings. The van der Waals surface area contributed by atoms with E-state index in [9.17, 15) is 9.90 Å². The summed E-state index contributed by atoms with van der Waals surface area (Å²) in [6.45, 7) is 4.30.